The highest BCUT2D eigenvalue weighted by Crippen LogP contribution is 2.21. The van der Waals surface area contributed by atoms with Crippen LogP contribution in [-0.4, -0.2) is 49.1 Å². The molecular weight excluding hydrogens is 407 g/mol. The van der Waals surface area contributed by atoms with Crippen molar-refractivity contribution in [3.05, 3.63) is 32.4 Å². The molecule has 0 saturated carbocycles. The Labute approximate surface area is 142 Å². The van der Waals surface area contributed by atoms with Crippen molar-refractivity contribution in [2.45, 2.75) is 13.0 Å². The average molecular weight is 423 g/mol. The molecule has 1 aromatic rings. The number of nitrogens with one attached hydrogen (secondary N) is 1. The summed E-state index contributed by atoms with van der Waals surface area (Å²) >= 11 is 8.06. The fourth-order valence-electron chi connectivity index (χ4n) is 2.17. The van der Waals surface area contributed by atoms with Crippen molar-refractivity contribution in [2.24, 2.45) is 0 Å². The number of halogens is 2. The van der Waals surface area contributed by atoms with Crippen molar-refractivity contribution in [3.8, 4) is 0 Å². The first kappa shape index (κ1) is 16.5. The third kappa shape index (κ3) is 3.87. The second-order valence-electron chi connectivity index (χ2n) is 4.61. The van der Waals surface area contributed by atoms with Gasteiger partial charge in [0.15, 0.2) is 0 Å². The largest absolute Gasteiger partial charge is 0.377 e. The lowest BCUT2D eigenvalue weighted by Gasteiger charge is -2.34. The summed E-state index contributed by atoms with van der Waals surface area (Å²) < 4.78 is 6.15. The molecule has 2 amide bonds. The van der Waals surface area contributed by atoms with E-state index in [1.807, 2.05) is 6.92 Å². The van der Waals surface area contributed by atoms with Gasteiger partial charge < -0.3 is 15.0 Å². The molecule has 1 saturated heterocycles. The van der Waals surface area contributed by atoms with Gasteiger partial charge >= 0.3 is 0 Å². The normalized spacial score (nSPS) is 18.4. The lowest BCUT2D eigenvalue weighted by Crippen LogP contribution is -2.56. The standard InChI is InChI=1S/C14H16ClIN2O3/c1-2-17-13(19)12-8-21-6-5-18(12)14(20)10-7-9(15)3-4-11(10)16/h3-4,7,12H,2,5-6,8H2,1H3,(H,17,19). The van der Waals surface area contributed by atoms with Crippen molar-refractivity contribution in [3.63, 3.8) is 0 Å². The Hall–Kier alpha value is -0.860. The van der Waals surface area contributed by atoms with Gasteiger partial charge in [-0.15, -0.1) is 0 Å². The van der Waals surface area contributed by atoms with Crippen LogP contribution < -0.4 is 5.32 Å². The number of amides is 2. The molecule has 7 heteroatoms. The second-order valence-corrected chi connectivity index (χ2v) is 6.21. The van der Waals surface area contributed by atoms with E-state index in [2.05, 4.69) is 27.9 Å². The molecule has 2 rings (SSSR count). The third-order valence-electron chi connectivity index (χ3n) is 3.20. The highest BCUT2D eigenvalue weighted by Gasteiger charge is 2.33. The fraction of sp³-hybridized carbons (Fsp3) is 0.429. The Bertz CT molecular complexity index is 553. The number of ether oxygens (including phenoxy) is 1. The van der Waals surface area contributed by atoms with E-state index in [1.165, 1.54) is 0 Å². The maximum atomic E-state index is 12.7. The van der Waals surface area contributed by atoms with Crippen LogP contribution in [0.5, 0.6) is 0 Å². The van der Waals surface area contributed by atoms with Crippen LogP contribution in [0.4, 0.5) is 0 Å². The summed E-state index contributed by atoms with van der Waals surface area (Å²) in [4.78, 5) is 26.4. The van der Waals surface area contributed by atoms with Gasteiger partial charge in [0.2, 0.25) is 5.91 Å². The number of carbonyl (C=O) groups excluding carboxylic acids is 2. The molecule has 0 aromatic heterocycles. The number of benzene rings is 1. The number of hydrogen-bond donors (Lipinski definition) is 1. The number of hydrogen-bond acceptors (Lipinski definition) is 3. The van der Waals surface area contributed by atoms with Crippen molar-refractivity contribution in [1.29, 1.82) is 0 Å². The quantitative estimate of drug-likeness (QED) is 0.757. The molecule has 1 heterocycles. The lowest BCUT2D eigenvalue weighted by molar-refractivity contribution is -0.130. The Morgan fingerprint density at radius 3 is 3.00 bits per heavy atom. The van der Waals surface area contributed by atoms with E-state index in [0.717, 1.165) is 3.57 Å². The highest BCUT2D eigenvalue weighted by atomic mass is 127. The lowest BCUT2D eigenvalue weighted by atomic mass is 10.1. The summed E-state index contributed by atoms with van der Waals surface area (Å²) in [5.41, 5.74) is 0.513. The molecule has 1 aliphatic rings. The average Bonchev–Trinajstić information content (AvgIpc) is 2.49. The van der Waals surface area contributed by atoms with E-state index in [4.69, 9.17) is 16.3 Å². The first-order chi connectivity index (χ1) is 10.0. The number of carbonyl (C=O) groups is 2. The third-order valence-corrected chi connectivity index (χ3v) is 4.38. The summed E-state index contributed by atoms with van der Waals surface area (Å²) in [5.74, 6) is -0.385. The summed E-state index contributed by atoms with van der Waals surface area (Å²) in [5, 5.41) is 3.24. The zero-order chi connectivity index (χ0) is 15.4. The van der Waals surface area contributed by atoms with Gasteiger partial charge in [-0.3, -0.25) is 9.59 Å². The van der Waals surface area contributed by atoms with Gasteiger partial charge in [0, 0.05) is 21.7 Å². The van der Waals surface area contributed by atoms with Crippen LogP contribution in [-0.2, 0) is 9.53 Å². The molecule has 1 atom stereocenters. The summed E-state index contributed by atoms with van der Waals surface area (Å²) in [6, 6.07) is 4.56. The van der Waals surface area contributed by atoms with Gasteiger partial charge in [0.1, 0.15) is 6.04 Å². The molecule has 1 N–H and O–H groups in total. The first-order valence-electron chi connectivity index (χ1n) is 6.66. The highest BCUT2D eigenvalue weighted by molar-refractivity contribution is 14.1. The van der Waals surface area contributed by atoms with Crippen molar-refractivity contribution >= 4 is 46.0 Å². The summed E-state index contributed by atoms with van der Waals surface area (Å²) in [7, 11) is 0. The smallest absolute Gasteiger partial charge is 0.255 e. The van der Waals surface area contributed by atoms with E-state index >= 15 is 0 Å². The van der Waals surface area contributed by atoms with Crippen LogP contribution in [0, 0.1) is 3.57 Å². The monoisotopic (exact) mass is 422 g/mol. The zero-order valence-corrected chi connectivity index (χ0v) is 14.5. The maximum Gasteiger partial charge on any atom is 0.255 e. The molecule has 1 fully saturated rings. The fourth-order valence-corrected chi connectivity index (χ4v) is 2.91. The Morgan fingerprint density at radius 1 is 1.52 bits per heavy atom. The minimum atomic E-state index is -0.596. The molecule has 1 aliphatic heterocycles. The van der Waals surface area contributed by atoms with Crippen LogP contribution >= 0.6 is 34.2 Å². The molecule has 1 unspecified atom stereocenters. The Morgan fingerprint density at radius 2 is 2.29 bits per heavy atom. The van der Waals surface area contributed by atoms with Gasteiger partial charge in [-0.2, -0.15) is 0 Å². The molecule has 5 nitrogen and oxygen atoms in total. The topological polar surface area (TPSA) is 58.6 Å². The minimum absolute atomic E-state index is 0.192. The van der Waals surface area contributed by atoms with Crippen molar-refractivity contribution in [1.82, 2.24) is 10.2 Å². The van der Waals surface area contributed by atoms with Crippen molar-refractivity contribution in [2.75, 3.05) is 26.3 Å². The summed E-state index contributed by atoms with van der Waals surface area (Å²) in [6.45, 7) is 3.40. The van der Waals surface area contributed by atoms with Crippen LogP contribution in [0.15, 0.2) is 18.2 Å². The molecule has 21 heavy (non-hydrogen) atoms. The minimum Gasteiger partial charge on any atom is -0.377 e. The predicted octanol–water partition coefficient (Wildman–Crippen LogP) is 1.92. The first-order valence-corrected chi connectivity index (χ1v) is 8.11. The van der Waals surface area contributed by atoms with Crippen LogP contribution in [0.3, 0.4) is 0 Å². The van der Waals surface area contributed by atoms with Gasteiger partial charge in [-0.25, -0.2) is 0 Å². The number of nitrogens with zero attached hydrogens (tertiary/aromatic N) is 1. The maximum absolute atomic E-state index is 12.7. The van der Waals surface area contributed by atoms with Gasteiger partial charge in [0.25, 0.3) is 5.91 Å². The van der Waals surface area contributed by atoms with E-state index < -0.39 is 6.04 Å². The van der Waals surface area contributed by atoms with Crippen LogP contribution in [0.2, 0.25) is 5.02 Å². The van der Waals surface area contributed by atoms with Gasteiger partial charge in [0.05, 0.1) is 18.8 Å². The van der Waals surface area contributed by atoms with Crippen LogP contribution in [0.25, 0.3) is 0 Å². The molecule has 0 bridgehead atoms. The second kappa shape index (κ2) is 7.42. The summed E-state index contributed by atoms with van der Waals surface area (Å²) in [6.07, 6.45) is 0. The number of morpholine rings is 1. The number of rotatable bonds is 3. The van der Waals surface area contributed by atoms with E-state index in [1.54, 1.807) is 23.1 Å². The molecule has 0 radical (unpaired) electrons. The molecule has 114 valence electrons. The SMILES string of the molecule is CCNC(=O)C1COCCN1C(=O)c1cc(Cl)ccc1I. The van der Waals surface area contributed by atoms with E-state index in [9.17, 15) is 9.59 Å². The molecule has 1 aromatic carbocycles. The van der Waals surface area contributed by atoms with E-state index in [0.29, 0.717) is 30.3 Å². The number of likely N-dealkylation sites (N-methyl/N-ethyl adjacent to an activating group) is 1. The van der Waals surface area contributed by atoms with Gasteiger partial charge in [-0.1, -0.05) is 11.6 Å². The molecule has 0 aliphatic carbocycles. The van der Waals surface area contributed by atoms with Crippen LogP contribution in [0.1, 0.15) is 17.3 Å². The Balaban J connectivity index is 2.26. The predicted molar refractivity (Wildman–Crippen MR) is 88.5 cm³/mol. The van der Waals surface area contributed by atoms with Gasteiger partial charge in [-0.05, 0) is 47.7 Å². The molecular formula is C14H16ClIN2O3. The Kier molecular flexibility index (Phi) is 5.83. The van der Waals surface area contributed by atoms with Crippen molar-refractivity contribution < 1.29 is 14.3 Å². The molecule has 0 spiro atoms. The zero-order valence-electron chi connectivity index (χ0n) is 11.6. The van der Waals surface area contributed by atoms with E-state index in [-0.39, 0.29) is 18.4 Å².